The van der Waals surface area contributed by atoms with Gasteiger partial charge in [-0.15, -0.1) is 0 Å². The lowest BCUT2D eigenvalue weighted by Gasteiger charge is -2.39. The number of carbonyl (C=O) groups is 1. The Kier molecular flexibility index (Phi) is 3.62. The summed E-state index contributed by atoms with van der Waals surface area (Å²) in [6, 6.07) is 8.03. The first kappa shape index (κ1) is 13.7. The van der Waals surface area contributed by atoms with Gasteiger partial charge in [-0.05, 0) is 19.4 Å². The van der Waals surface area contributed by atoms with Gasteiger partial charge >= 0.3 is 5.97 Å². The molecule has 0 bridgehead atoms. The predicted molar refractivity (Wildman–Crippen MR) is 68.8 cm³/mol. The standard InChI is InChI=1S/C14H21NO2/c1-10-7-6-8-11(9-10)13(2,3)14(4,15)12(16)17-5/h6-9H,15H2,1-5H3. The minimum absolute atomic E-state index is 0.399. The number of hydrogen-bond donors (Lipinski definition) is 1. The van der Waals surface area contributed by atoms with Gasteiger partial charge in [0.25, 0.3) is 0 Å². The molecule has 17 heavy (non-hydrogen) atoms. The van der Waals surface area contributed by atoms with Gasteiger partial charge in [-0.25, -0.2) is 0 Å². The van der Waals surface area contributed by atoms with E-state index in [0.29, 0.717) is 0 Å². The van der Waals surface area contributed by atoms with Crippen LogP contribution in [0.2, 0.25) is 0 Å². The lowest BCUT2D eigenvalue weighted by molar-refractivity contribution is -0.148. The highest BCUT2D eigenvalue weighted by Crippen LogP contribution is 2.34. The molecular formula is C14H21NO2. The summed E-state index contributed by atoms with van der Waals surface area (Å²) in [5.74, 6) is -0.399. The van der Waals surface area contributed by atoms with Crippen LogP contribution >= 0.6 is 0 Å². The summed E-state index contributed by atoms with van der Waals surface area (Å²) in [4.78, 5) is 11.8. The number of hydrogen-bond acceptors (Lipinski definition) is 3. The van der Waals surface area contributed by atoms with Gasteiger partial charge in [0.05, 0.1) is 7.11 Å². The molecule has 1 rings (SSSR count). The topological polar surface area (TPSA) is 52.3 Å². The normalized spacial score (nSPS) is 15.2. The Morgan fingerprint density at radius 1 is 1.29 bits per heavy atom. The number of nitrogens with two attached hydrogens (primary N) is 1. The van der Waals surface area contributed by atoms with Crippen molar-refractivity contribution in [3.8, 4) is 0 Å². The van der Waals surface area contributed by atoms with Gasteiger partial charge in [0.15, 0.2) is 0 Å². The molecule has 0 spiro atoms. The van der Waals surface area contributed by atoms with Crippen LogP contribution in [0.3, 0.4) is 0 Å². The van der Waals surface area contributed by atoms with Crippen molar-refractivity contribution in [1.82, 2.24) is 0 Å². The summed E-state index contributed by atoms with van der Waals surface area (Å²) in [6.07, 6.45) is 0. The quantitative estimate of drug-likeness (QED) is 0.817. The molecule has 3 heteroatoms. The summed E-state index contributed by atoms with van der Waals surface area (Å²) in [5, 5.41) is 0. The van der Waals surface area contributed by atoms with Gasteiger partial charge in [0.2, 0.25) is 0 Å². The van der Waals surface area contributed by atoms with Crippen LogP contribution in [-0.2, 0) is 14.9 Å². The molecule has 0 amide bonds. The van der Waals surface area contributed by atoms with E-state index in [0.717, 1.165) is 11.1 Å². The zero-order valence-corrected chi connectivity index (χ0v) is 11.2. The zero-order valence-electron chi connectivity index (χ0n) is 11.2. The van der Waals surface area contributed by atoms with Crippen LogP contribution in [0.25, 0.3) is 0 Å². The monoisotopic (exact) mass is 235 g/mol. The second-order valence-electron chi connectivity index (χ2n) is 5.19. The fraction of sp³-hybridized carbons (Fsp3) is 0.500. The summed E-state index contributed by atoms with van der Waals surface area (Å²) in [7, 11) is 1.36. The Bertz CT molecular complexity index is 422. The van der Waals surface area contributed by atoms with Crippen molar-refractivity contribution in [3.05, 3.63) is 35.4 Å². The van der Waals surface area contributed by atoms with Crippen molar-refractivity contribution >= 4 is 5.97 Å². The summed E-state index contributed by atoms with van der Waals surface area (Å²) >= 11 is 0. The molecule has 2 N–H and O–H groups in total. The maximum atomic E-state index is 11.8. The Hall–Kier alpha value is -1.35. The molecule has 0 fully saturated rings. The predicted octanol–water partition coefficient (Wildman–Crippen LogP) is 2.16. The van der Waals surface area contributed by atoms with Crippen molar-refractivity contribution in [2.75, 3.05) is 7.11 Å². The molecule has 0 aliphatic heterocycles. The molecule has 0 aliphatic carbocycles. The smallest absolute Gasteiger partial charge is 0.326 e. The van der Waals surface area contributed by atoms with Gasteiger partial charge < -0.3 is 10.5 Å². The highest BCUT2D eigenvalue weighted by Gasteiger charge is 2.46. The Labute approximate surface area is 103 Å². The fourth-order valence-electron chi connectivity index (χ4n) is 1.80. The number of methoxy groups -OCH3 is 1. The number of rotatable bonds is 3. The SMILES string of the molecule is COC(=O)C(C)(N)C(C)(C)c1cccc(C)c1. The van der Waals surface area contributed by atoms with E-state index < -0.39 is 16.9 Å². The minimum Gasteiger partial charge on any atom is -0.468 e. The van der Waals surface area contributed by atoms with Gasteiger partial charge in [0.1, 0.15) is 5.54 Å². The first-order valence-electron chi connectivity index (χ1n) is 5.68. The lowest BCUT2D eigenvalue weighted by atomic mass is 9.69. The second-order valence-corrected chi connectivity index (χ2v) is 5.19. The third kappa shape index (κ3) is 2.34. The van der Waals surface area contributed by atoms with Crippen molar-refractivity contribution in [3.63, 3.8) is 0 Å². The molecule has 1 unspecified atom stereocenters. The van der Waals surface area contributed by atoms with E-state index in [1.807, 2.05) is 45.0 Å². The van der Waals surface area contributed by atoms with Crippen molar-refractivity contribution < 1.29 is 9.53 Å². The second kappa shape index (κ2) is 4.49. The Morgan fingerprint density at radius 2 is 1.88 bits per heavy atom. The third-order valence-electron chi connectivity index (χ3n) is 3.65. The first-order valence-corrected chi connectivity index (χ1v) is 5.68. The average molecular weight is 235 g/mol. The molecule has 3 nitrogen and oxygen atoms in total. The molecule has 1 atom stereocenters. The molecule has 0 aliphatic rings. The molecule has 0 radical (unpaired) electrons. The molecule has 0 aromatic heterocycles. The maximum absolute atomic E-state index is 11.8. The van der Waals surface area contributed by atoms with Crippen LogP contribution in [-0.4, -0.2) is 18.6 Å². The summed E-state index contributed by atoms with van der Waals surface area (Å²) < 4.78 is 4.79. The molecule has 1 aromatic carbocycles. The van der Waals surface area contributed by atoms with Gasteiger partial charge in [-0.2, -0.15) is 0 Å². The van der Waals surface area contributed by atoms with Gasteiger partial charge in [0, 0.05) is 5.41 Å². The summed E-state index contributed by atoms with van der Waals surface area (Å²) in [5.41, 5.74) is 6.79. The van der Waals surface area contributed by atoms with Crippen molar-refractivity contribution in [1.29, 1.82) is 0 Å². The number of aryl methyl sites for hydroxylation is 1. The Balaban J connectivity index is 3.23. The number of ether oxygens (including phenoxy) is 1. The average Bonchev–Trinajstić information content (AvgIpc) is 2.27. The van der Waals surface area contributed by atoms with E-state index in [1.54, 1.807) is 6.92 Å². The van der Waals surface area contributed by atoms with Crippen LogP contribution < -0.4 is 5.73 Å². The number of carbonyl (C=O) groups excluding carboxylic acids is 1. The van der Waals surface area contributed by atoms with E-state index in [2.05, 4.69) is 0 Å². The van der Waals surface area contributed by atoms with Crippen LogP contribution in [0.4, 0.5) is 0 Å². The largest absolute Gasteiger partial charge is 0.468 e. The third-order valence-corrected chi connectivity index (χ3v) is 3.65. The molecule has 1 aromatic rings. The van der Waals surface area contributed by atoms with E-state index in [1.165, 1.54) is 7.11 Å². The first-order chi connectivity index (χ1) is 7.73. The fourth-order valence-corrected chi connectivity index (χ4v) is 1.80. The molecule has 0 saturated heterocycles. The molecular weight excluding hydrogens is 214 g/mol. The molecule has 0 saturated carbocycles. The lowest BCUT2D eigenvalue weighted by Crippen LogP contribution is -2.59. The van der Waals surface area contributed by atoms with Crippen molar-refractivity contribution in [2.24, 2.45) is 5.73 Å². The van der Waals surface area contributed by atoms with Crippen molar-refractivity contribution in [2.45, 2.75) is 38.6 Å². The van der Waals surface area contributed by atoms with E-state index in [-0.39, 0.29) is 0 Å². The Morgan fingerprint density at radius 3 is 2.35 bits per heavy atom. The van der Waals surface area contributed by atoms with Gasteiger partial charge in [-0.3, -0.25) is 4.79 Å². The molecule has 0 heterocycles. The van der Waals surface area contributed by atoms with E-state index in [9.17, 15) is 4.79 Å². The minimum atomic E-state index is -1.06. The van der Waals surface area contributed by atoms with Crippen LogP contribution in [0.15, 0.2) is 24.3 Å². The molecule has 94 valence electrons. The number of benzene rings is 1. The van der Waals surface area contributed by atoms with Crippen LogP contribution in [0.5, 0.6) is 0 Å². The van der Waals surface area contributed by atoms with E-state index >= 15 is 0 Å². The van der Waals surface area contributed by atoms with Crippen LogP contribution in [0.1, 0.15) is 31.9 Å². The highest BCUT2D eigenvalue weighted by atomic mass is 16.5. The maximum Gasteiger partial charge on any atom is 0.326 e. The zero-order chi connectivity index (χ0) is 13.3. The van der Waals surface area contributed by atoms with E-state index in [4.69, 9.17) is 10.5 Å². The summed E-state index contributed by atoms with van der Waals surface area (Å²) in [6.45, 7) is 7.64. The number of esters is 1. The highest BCUT2D eigenvalue weighted by molar-refractivity contribution is 5.82. The van der Waals surface area contributed by atoms with Gasteiger partial charge in [-0.1, -0.05) is 43.7 Å². The van der Waals surface area contributed by atoms with Crippen LogP contribution in [0, 0.1) is 6.92 Å².